The summed E-state index contributed by atoms with van der Waals surface area (Å²) in [7, 11) is 0. The highest BCUT2D eigenvalue weighted by Gasteiger charge is 2.10. The lowest BCUT2D eigenvalue weighted by Gasteiger charge is -2.18. The van der Waals surface area contributed by atoms with Gasteiger partial charge < -0.3 is 5.32 Å². The number of hydrogen-bond donors (Lipinski definition) is 1. The molecule has 0 aliphatic heterocycles. The summed E-state index contributed by atoms with van der Waals surface area (Å²) < 4.78 is 1.91. The fraction of sp³-hybridized carbons (Fsp3) is 0.357. The summed E-state index contributed by atoms with van der Waals surface area (Å²) in [5.74, 6) is 0. The van der Waals surface area contributed by atoms with Gasteiger partial charge in [0, 0.05) is 25.0 Å². The maximum atomic E-state index is 6.06. The summed E-state index contributed by atoms with van der Waals surface area (Å²) >= 11 is 12.0. The van der Waals surface area contributed by atoms with Gasteiger partial charge in [0.05, 0.1) is 16.6 Å². The van der Waals surface area contributed by atoms with E-state index in [4.69, 9.17) is 23.2 Å². The standard InChI is InChI=1S/C14H17Cl2N3/c1-2-14(11-4-5-12(15)13(16)10-11)17-7-9-19-8-3-6-18-19/h3-6,8,10,14,17H,2,7,9H2,1H3. The van der Waals surface area contributed by atoms with Crippen molar-refractivity contribution in [1.29, 1.82) is 0 Å². The van der Waals surface area contributed by atoms with Crippen LogP contribution in [0, 0.1) is 0 Å². The first-order valence-corrected chi connectivity index (χ1v) is 7.12. The maximum Gasteiger partial charge on any atom is 0.0595 e. The molecule has 0 bridgehead atoms. The monoisotopic (exact) mass is 297 g/mol. The molecule has 1 N–H and O–H groups in total. The van der Waals surface area contributed by atoms with Crippen LogP contribution in [0.4, 0.5) is 0 Å². The second-order valence-electron chi connectivity index (χ2n) is 4.36. The zero-order valence-corrected chi connectivity index (χ0v) is 12.3. The van der Waals surface area contributed by atoms with E-state index in [-0.39, 0.29) is 6.04 Å². The topological polar surface area (TPSA) is 29.9 Å². The zero-order valence-electron chi connectivity index (χ0n) is 10.8. The molecule has 1 unspecified atom stereocenters. The SMILES string of the molecule is CCC(NCCn1cccn1)c1ccc(Cl)c(Cl)c1. The van der Waals surface area contributed by atoms with Gasteiger partial charge in [-0.15, -0.1) is 0 Å². The van der Waals surface area contributed by atoms with E-state index in [1.807, 2.05) is 35.1 Å². The summed E-state index contributed by atoms with van der Waals surface area (Å²) in [6.45, 7) is 3.86. The minimum atomic E-state index is 0.283. The predicted octanol–water partition coefficient (Wildman–Crippen LogP) is 3.93. The second-order valence-corrected chi connectivity index (χ2v) is 5.17. The average molecular weight is 298 g/mol. The van der Waals surface area contributed by atoms with Crippen molar-refractivity contribution in [2.45, 2.75) is 25.9 Å². The van der Waals surface area contributed by atoms with E-state index in [0.29, 0.717) is 10.0 Å². The van der Waals surface area contributed by atoms with Gasteiger partial charge in [-0.05, 0) is 30.2 Å². The van der Waals surface area contributed by atoms with Crippen molar-refractivity contribution < 1.29 is 0 Å². The molecule has 1 aromatic heterocycles. The van der Waals surface area contributed by atoms with Crippen LogP contribution in [-0.2, 0) is 6.54 Å². The maximum absolute atomic E-state index is 6.06. The van der Waals surface area contributed by atoms with Crippen LogP contribution >= 0.6 is 23.2 Å². The van der Waals surface area contributed by atoms with Crippen LogP contribution in [0.1, 0.15) is 24.9 Å². The third-order valence-electron chi connectivity index (χ3n) is 3.05. The number of benzene rings is 1. The number of nitrogens with one attached hydrogen (secondary N) is 1. The van der Waals surface area contributed by atoms with E-state index in [0.717, 1.165) is 25.1 Å². The van der Waals surface area contributed by atoms with Gasteiger partial charge in [-0.1, -0.05) is 36.2 Å². The Balaban J connectivity index is 1.93. The van der Waals surface area contributed by atoms with E-state index in [2.05, 4.69) is 17.3 Å². The lowest BCUT2D eigenvalue weighted by atomic mass is 10.0. The Labute approximate surface area is 123 Å². The van der Waals surface area contributed by atoms with Gasteiger partial charge >= 0.3 is 0 Å². The summed E-state index contributed by atoms with van der Waals surface area (Å²) in [5.41, 5.74) is 1.16. The van der Waals surface area contributed by atoms with Crippen LogP contribution in [0.15, 0.2) is 36.7 Å². The average Bonchev–Trinajstić information content (AvgIpc) is 2.91. The first kappa shape index (κ1) is 14.4. The fourth-order valence-electron chi connectivity index (χ4n) is 2.01. The molecule has 1 atom stereocenters. The molecule has 0 spiro atoms. The van der Waals surface area contributed by atoms with Gasteiger partial charge in [0.2, 0.25) is 0 Å². The van der Waals surface area contributed by atoms with E-state index in [1.165, 1.54) is 0 Å². The van der Waals surface area contributed by atoms with Crippen LogP contribution in [0.2, 0.25) is 10.0 Å². The molecule has 3 nitrogen and oxygen atoms in total. The molecular formula is C14H17Cl2N3. The second kappa shape index (κ2) is 6.94. The third kappa shape index (κ3) is 3.96. The van der Waals surface area contributed by atoms with Gasteiger partial charge in [0.15, 0.2) is 0 Å². The minimum absolute atomic E-state index is 0.283. The summed E-state index contributed by atoms with van der Waals surface area (Å²) in [5, 5.41) is 8.88. The Hall–Kier alpha value is -1.03. The fourth-order valence-corrected chi connectivity index (χ4v) is 2.32. The highest BCUT2D eigenvalue weighted by molar-refractivity contribution is 6.42. The lowest BCUT2D eigenvalue weighted by molar-refractivity contribution is 0.477. The van der Waals surface area contributed by atoms with Gasteiger partial charge in [-0.2, -0.15) is 5.10 Å². The Kier molecular flexibility index (Phi) is 5.25. The van der Waals surface area contributed by atoms with Gasteiger partial charge in [0.1, 0.15) is 0 Å². The van der Waals surface area contributed by atoms with Crippen LogP contribution in [-0.4, -0.2) is 16.3 Å². The molecule has 1 heterocycles. The first-order valence-electron chi connectivity index (χ1n) is 6.36. The van der Waals surface area contributed by atoms with E-state index in [9.17, 15) is 0 Å². The zero-order chi connectivity index (χ0) is 13.7. The van der Waals surface area contributed by atoms with Gasteiger partial charge in [-0.3, -0.25) is 4.68 Å². The number of nitrogens with zero attached hydrogens (tertiary/aromatic N) is 2. The Morgan fingerprint density at radius 1 is 1.32 bits per heavy atom. The summed E-state index contributed by atoms with van der Waals surface area (Å²) in [4.78, 5) is 0. The van der Waals surface area contributed by atoms with Crippen molar-refractivity contribution >= 4 is 23.2 Å². The van der Waals surface area contributed by atoms with E-state index in [1.54, 1.807) is 6.20 Å². The molecule has 5 heteroatoms. The summed E-state index contributed by atoms with van der Waals surface area (Å²) in [6, 6.07) is 8.00. The van der Waals surface area contributed by atoms with Crippen molar-refractivity contribution in [3.8, 4) is 0 Å². The molecule has 19 heavy (non-hydrogen) atoms. The van der Waals surface area contributed by atoms with Crippen LogP contribution in [0.25, 0.3) is 0 Å². The Morgan fingerprint density at radius 2 is 2.16 bits per heavy atom. The van der Waals surface area contributed by atoms with Gasteiger partial charge in [0.25, 0.3) is 0 Å². The molecule has 0 aliphatic rings. The summed E-state index contributed by atoms with van der Waals surface area (Å²) in [6.07, 6.45) is 4.75. The molecule has 0 aliphatic carbocycles. The predicted molar refractivity (Wildman–Crippen MR) is 79.7 cm³/mol. The Bertz CT molecular complexity index is 511. The molecular weight excluding hydrogens is 281 g/mol. The minimum Gasteiger partial charge on any atom is -0.308 e. The molecule has 0 saturated carbocycles. The van der Waals surface area contributed by atoms with Gasteiger partial charge in [-0.25, -0.2) is 0 Å². The number of halogens is 2. The molecule has 0 fully saturated rings. The first-order chi connectivity index (χ1) is 9.20. The molecule has 2 aromatic rings. The van der Waals surface area contributed by atoms with Crippen molar-refractivity contribution in [2.24, 2.45) is 0 Å². The Morgan fingerprint density at radius 3 is 2.79 bits per heavy atom. The molecule has 0 saturated heterocycles. The molecule has 0 radical (unpaired) electrons. The van der Waals surface area contributed by atoms with Crippen LogP contribution in [0.5, 0.6) is 0 Å². The van der Waals surface area contributed by atoms with E-state index < -0.39 is 0 Å². The molecule has 1 aromatic carbocycles. The van der Waals surface area contributed by atoms with Crippen molar-refractivity contribution in [3.05, 3.63) is 52.3 Å². The van der Waals surface area contributed by atoms with Crippen LogP contribution < -0.4 is 5.32 Å². The highest BCUT2D eigenvalue weighted by atomic mass is 35.5. The van der Waals surface area contributed by atoms with Crippen LogP contribution in [0.3, 0.4) is 0 Å². The lowest BCUT2D eigenvalue weighted by Crippen LogP contribution is -2.25. The highest BCUT2D eigenvalue weighted by Crippen LogP contribution is 2.26. The molecule has 2 rings (SSSR count). The smallest absolute Gasteiger partial charge is 0.0595 e. The number of rotatable bonds is 6. The third-order valence-corrected chi connectivity index (χ3v) is 3.78. The normalized spacial score (nSPS) is 12.6. The molecule has 0 amide bonds. The van der Waals surface area contributed by atoms with Crippen molar-refractivity contribution in [2.75, 3.05) is 6.54 Å². The van der Waals surface area contributed by atoms with Crippen molar-refractivity contribution in [1.82, 2.24) is 15.1 Å². The number of hydrogen-bond acceptors (Lipinski definition) is 2. The quantitative estimate of drug-likeness (QED) is 0.875. The number of aromatic nitrogens is 2. The van der Waals surface area contributed by atoms with E-state index >= 15 is 0 Å². The molecule has 102 valence electrons. The van der Waals surface area contributed by atoms with Crippen molar-refractivity contribution in [3.63, 3.8) is 0 Å². The largest absolute Gasteiger partial charge is 0.308 e.